The molecule has 6 nitrogen and oxygen atoms in total. The van der Waals surface area contributed by atoms with E-state index in [1.165, 1.54) is 5.56 Å². The van der Waals surface area contributed by atoms with Crippen LogP contribution in [0.15, 0.2) is 34.5 Å². The molecular formula is C15H16N2O4S2. The first kappa shape index (κ1) is 15.9. The van der Waals surface area contributed by atoms with Gasteiger partial charge in [0.1, 0.15) is 4.21 Å². The lowest BCUT2D eigenvalue weighted by molar-refractivity contribution is -0.383. The average molecular weight is 352 g/mol. The fourth-order valence-corrected chi connectivity index (χ4v) is 4.84. The largest absolute Gasteiger partial charge is 0.364 e. The Kier molecular flexibility index (Phi) is 4.11. The third-order valence-electron chi connectivity index (χ3n) is 3.93. The van der Waals surface area contributed by atoms with E-state index in [4.69, 9.17) is 0 Å². The highest BCUT2D eigenvalue weighted by atomic mass is 32.2. The van der Waals surface area contributed by atoms with E-state index < -0.39 is 14.8 Å². The molecule has 0 saturated carbocycles. The Morgan fingerprint density at radius 1 is 1.35 bits per heavy atom. The van der Waals surface area contributed by atoms with Crippen molar-refractivity contribution in [3.63, 3.8) is 0 Å². The zero-order valence-corrected chi connectivity index (χ0v) is 14.1. The summed E-state index contributed by atoms with van der Waals surface area (Å²) in [6.45, 7) is 0. The van der Waals surface area contributed by atoms with Crippen molar-refractivity contribution < 1.29 is 13.3 Å². The van der Waals surface area contributed by atoms with Gasteiger partial charge in [-0.1, -0.05) is 35.6 Å². The Morgan fingerprint density at radius 2 is 2.09 bits per heavy atom. The predicted molar refractivity (Wildman–Crippen MR) is 89.8 cm³/mol. The van der Waals surface area contributed by atoms with Gasteiger partial charge in [-0.25, -0.2) is 8.42 Å². The first-order chi connectivity index (χ1) is 10.9. The molecule has 2 aromatic rings. The topological polar surface area (TPSA) is 89.3 Å². The first-order valence-corrected chi connectivity index (χ1v) is 9.89. The van der Waals surface area contributed by atoms with Gasteiger partial charge in [0.05, 0.1) is 11.0 Å². The second-order valence-corrected chi connectivity index (χ2v) is 8.89. The Labute approximate surface area is 138 Å². The van der Waals surface area contributed by atoms with Crippen molar-refractivity contribution in [3.05, 3.63) is 51.6 Å². The number of benzene rings is 1. The summed E-state index contributed by atoms with van der Waals surface area (Å²) in [5.41, 5.74) is 2.18. The number of nitrogens with zero attached hydrogens (tertiary/aromatic N) is 1. The fraction of sp³-hybridized carbons (Fsp3) is 0.333. The molecule has 23 heavy (non-hydrogen) atoms. The van der Waals surface area contributed by atoms with Crippen LogP contribution in [0.25, 0.3) is 0 Å². The van der Waals surface area contributed by atoms with Crippen molar-refractivity contribution in [1.29, 1.82) is 0 Å². The number of thiophene rings is 1. The molecule has 1 unspecified atom stereocenters. The standard InChI is InChI=1S/C15H16N2O4S2/c1-23(20,21)14-9-13(17(18)19)15(22-14)16-12-8-4-6-10-5-2-3-7-11(10)12/h2-3,5,7,9,12,16H,4,6,8H2,1H3. The summed E-state index contributed by atoms with van der Waals surface area (Å²) in [7, 11) is -3.47. The molecule has 0 radical (unpaired) electrons. The Hall–Kier alpha value is -1.93. The SMILES string of the molecule is CS(=O)(=O)c1cc([N+](=O)[O-])c(NC2CCCc3ccccc32)s1. The molecule has 1 aromatic heterocycles. The minimum Gasteiger partial charge on any atom is -0.364 e. The lowest BCUT2D eigenvalue weighted by Gasteiger charge is -2.26. The van der Waals surface area contributed by atoms with Crippen LogP contribution in [-0.2, 0) is 16.3 Å². The molecule has 0 aliphatic heterocycles. The molecule has 0 saturated heterocycles. The molecule has 1 atom stereocenters. The Morgan fingerprint density at radius 3 is 2.78 bits per heavy atom. The van der Waals surface area contributed by atoms with E-state index in [1.807, 2.05) is 18.2 Å². The minimum atomic E-state index is -3.47. The summed E-state index contributed by atoms with van der Waals surface area (Å²) in [5.74, 6) is 0. The highest BCUT2D eigenvalue weighted by molar-refractivity contribution is 7.92. The molecule has 1 heterocycles. The monoisotopic (exact) mass is 352 g/mol. The Balaban J connectivity index is 1.98. The van der Waals surface area contributed by atoms with Gasteiger partial charge in [0.15, 0.2) is 14.8 Å². The lowest BCUT2D eigenvalue weighted by atomic mass is 9.88. The van der Waals surface area contributed by atoms with Gasteiger partial charge in [-0.2, -0.15) is 0 Å². The van der Waals surface area contributed by atoms with Gasteiger partial charge in [0.2, 0.25) is 0 Å². The maximum Gasteiger partial charge on any atom is 0.304 e. The van der Waals surface area contributed by atoms with Gasteiger partial charge < -0.3 is 5.32 Å². The number of rotatable bonds is 4. The molecule has 0 spiro atoms. The normalized spacial score (nSPS) is 17.5. The van der Waals surface area contributed by atoms with Gasteiger partial charge in [-0.15, -0.1) is 0 Å². The maximum absolute atomic E-state index is 11.7. The van der Waals surface area contributed by atoms with E-state index in [2.05, 4.69) is 11.4 Å². The molecular weight excluding hydrogens is 336 g/mol. The van der Waals surface area contributed by atoms with Crippen molar-refractivity contribution in [3.8, 4) is 0 Å². The van der Waals surface area contributed by atoms with Crippen molar-refractivity contribution in [1.82, 2.24) is 0 Å². The summed E-state index contributed by atoms with van der Waals surface area (Å²) in [4.78, 5) is 10.7. The molecule has 0 bridgehead atoms. The van der Waals surface area contributed by atoms with E-state index in [0.717, 1.165) is 48.5 Å². The van der Waals surface area contributed by atoms with Crippen LogP contribution in [0.1, 0.15) is 30.0 Å². The van der Waals surface area contributed by atoms with Crippen LogP contribution in [0.3, 0.4) is 0 Å². The Bertz CT molecular complexity index is 858. The highest BCUT2D eigenvalue weighted by Crippen LogP contribution is 2.41. The van der Waals surface area contributed by atoms with E-state index >= 15 is 0 Å². The maximum atomic E-state index is 11.7. The highest BCUT2D eigenvalue weighted by Gasteiger charge is 2.27. The fourth-order valence-electron chi connectivity index (χ4n) is 2.84. The molecule has 3 rings (SSSR count). The third kappa shape index (κ3) is 3.23. The van der Waals surface area contributed by atoms with Crippen LogP contribution >= 0.6 is 11.3 Å². The minimum absolute atomic E-state index is 0.00999. The van der Waals surface area contributed by atoms with Gasteiger partial charge in [0.25, 0.3) is 0 Å². The van der Waals surface area contributed by atoms with Crippen LogP contribution in [0, 0.1) is 10.1 Å². The molecule has 0 fully saturated rings. The molecule has 122 valence electrons. The summed E-state index contributed by atoms with van der Waals surface area (Å²) < 4.78 is 23.4. The zero-order valence-electron chi connectivity index (χ0n) is 12.5. The summed E-state index contributed by atoms with van der Waals surface area (Å²) >= 11 is 0.922. The van der Waals surface area contributed by atoms with E-state index in [0.29, 0.717) is 5.00 Å². The first-order valence-electron chi connectivity index (χ1n) is 7.19. The van der Waals surface area contributed by atoms with Crippen LogP contribution in [0.4, 0.5) is 10.7 Å². The molecule has 1 aliphatic carbocycles. The summed E-state index contributed by atoms with van der Waals surface area (Å²) in [6.07, 6.45) is 3.91. The third-order valence-corrected chi connectivity index (χ3v) is 6.78. The van der Waals surface area contributed by atoms with E-state index in [1.54, 1.807) is 0 Å². The van der Waals surface area contributed by atoms with Gasteiger partial charge in [-0.3, -0.25) is 10.1 Å². The van der Waals surface area contributed by atoms with E-state index in [-0.39, 0.29) is 15.9 Å². The molecule has 1 aromatic carbocycles. The molecule has 1 N–H and O–H groups in total. The number of nitro groups is 1. The quantitative estimate of drug-likeness (QED) is 0.671. The van der Waals surface area contributed by atoms with Crippen LogP contribution in [0.2, 0.25) is 0 Å². The number of hydrogen-bond donors (Lipinski definition) is 1. The van der Waals surface area contributed by atoms with Crippen molar-refractivity contribution in [2.24, 2.45) is 0 Å². The van der Waals surface area contributed by atoms with Gasteiger partial charge >= 0.3 is 5.69 Å². The average Bonchev–Trinajstić information content (AvgIpc) is 2.92. The number of hydrogen-bond acceptors (Lipinski definition) is 6. The van der Waals surface area contributed by atoms with Crippen molar-refractivity contribution in [2.45, 2.75) is 29.5 Å². The number of sulfone groups is 1. The number of aryl methyl sites for hydroxylation is 1. The second-order valence-electron chi connectivity index (χ2n) is 5.60. The molecule has 0 amide bonds. The van der Waals surface area contributed by atoms with Crippen molar-refractivity contribution >= 4 is 31.9 Å². The van der Waals surface area contributed by atoms with Crippen LogP contribution in [0.5, 0.6) is 0 Å². The molecule has 1 aliphatic rings. The predicted octanol–water partition coefficient (Wildman–Crippen LogP) is 3.55. The second kappa shape index (κ2) is 5.93. The summed E-state index contributed by atoms with van der Waals surface area (Å²) in [6, 6.07) is 9.11. The zero-order chi connectivity index (χ0) is 16.6. The number of anilines is 1. The van der Waals surface area contributed by atoms with Crippen molar-refractivity contribution in [2.75, 3.05) is 11.6 Å². The number of fused-ring (bicyclic) bond motifs is 1. The lowest BCUT2D eigenvalue weighted by Crippen LogP contribution is -2.17. The van der Waals surface area contributed by atoms with Gasteiger partial charge in [0, 0.05) is 12.3 Å². The molecule has 8 heteroatoms. The summed E-state index contributed by atoms with van der Waals surface area (Å²) in [5, 5.41) is 14.7. The number of nitrogens with one attached hydrogen (secondary N) is 1. The van der Waals surface area contributed by atoms with E-state index in [9.17, 15) is 18.5 Å². The van der Waals surface area contributed by atoms with Gasteiger partial charge in [-0.05, 0) is 30.4 Å². The smallest absolute Gasteiger partial charge is 0.304 e. The van der Waals surface area contributed by atoms with Crippen LogP contribution < -0.4 is 5.32 Å². The van der Waals surface area contributed by atoms with Crippen LogP contribution in [-0.4, -0.2) is 19.6 Å².